The first-order valence-electron chi connectivity index (χ1n) is 5.24. The fourth-order valence-corrected chi connectivity index (χ4v) is 2.58. The van der Waals surface area contributed by atoms with E-state index in [-0.39, 0.29) is 0 Å². The number of nitrogens with zero attached hydrogens (tertiary/aromatic N) is 2. The SMILES string of the molecule is CN=C1/C(=N\O)C=C[C@H]2CCCC[C@H]12. The Kier molecular flexibility index (Phi) is 2.66. The highest BCUT2D eigenvalue weighted by atomic mass is 16.4. The molecule has 1 fully saturated rings. The summed E-state index contributed by atoms with van der Waals surface area (Å²) in [5.74, 6) is 1.11. The van der Waals surface area contributed by atoms with Gasteiger partial charge in [-0.25, -0.2) is 0 Å². The van der Waals surface area contributed by atoms with Crippen LogP contribution in [0.25, 0.3) is 0 Å². The van der Waals surface area contributed by atoms with E-state index in [0.717, 1.165) is 5.71 Å². The first-order valence-corrected chi connectivity index (χ1v) is 5.24. The number of oxime groups is 1. The predicted octanol–water partition coefficient (Wildman–Crippen LogP) is 2.26. The van der Waals surface area contributed by atoms with Crippen LogP contribution in [0.4, 0.5) is 0 Å². The molecule has 0 aromatic rings. The predicted molar refractivity (Wildman–Crippen MR) is 57.2 cm³/mol. The van der Waals surface area contributed by atoms with Gasteiger partial charge in [0, 0.05) is 13.0 Å². The summed E-state index contributed by atoms with van der Waals surface area (Å²) in [5, 5.41) is 12.1. The minimum absolute atomic E-state index is 0.490. The molecule has 2 aliphatic rings. The van der Waals surface area contributed by atoms with Crippen LogP contribution in [0.1, 0.15) is 25.7 Å². The molecular weight excluding hydrogens is 176 g/mol. The molecule has 2 rings (SSSR count). The zero-order chi connectivity index (χ0) is 9.97. The van der Waals surface area contributed by atoms with E-state index < -0.39 is 0 Å². The van der Waals surface area contributed by atoms with E-state index in [1.165, 1.54) is 25.7 Å². The lowest BCUT2D eigenvalue weighted by molar-refractivity contribution is 0.317. The molecular formula is C11H16N2O. The summed E-state index contributed by atoms with van der Waals surface area (Å²) in [5.41, 5.74) is 1.63. The molecule has 0 radical (unpaired) electrons. The van der Waals surface area contributed by atoms with Crippen molar-refractivity contribution in [1.29, 1.82) is 0 Å². The van der Waals surface area contributed by atoms with Gasteiger partial charge in [-0.2, -0.15) is 0 Å². The molecule has 76 valence electrons. The van der Waals surface area contributed by atoms with Crippen molar-refractivity contribution in [2.75, 3.05) is 7.05 Å². The molecule has 2 aliphatic carbocycles. The van der Waals surface area contributed by atoms with Crippen molar-refractivity contribution >= 4 is 11.4 Å². The Bertz CT molecular complexity index is 304. The molecule has 0 aromatic heterocycles. The standard InChI is InChI=1S/C11H16N2O/c1-12-11-9-5-3-2-4-8(9)6-7-10(11)13-14/h6-9,14H,2-5H2,1H3/b12-11?,13-10-/t8-,9+/m1/s1. The second-order valence-corrected chi connectivity index (χ2v) is 4.01. The fraction of sp³-hybridized carbons (Fsp3) is 0.636. The number of aliphatic imine (C=N–C) groups is 1. The molecule has 0 saturated heterocycles. The minimum Gasteiger partial charge on any atom is -0.410 e. The maximum Gasteiger partial charge on any atom is 0.123 e. The van der Waals surface area contributed by atoms with Gasteiger partial charge in [0.15, 0.2) is 0 Å². The zero-order valence-corrected chi connectivity index (χ0v) is 8.48. The summed E-state index contributed by atoms with van der Waals surface area (Å²) in [4.78, 5) is 4.26. The highest BCUT2D eigenvalue weighted by Crippen LogP contribution is 2.34. The molecule has 14 heavy (non-hydrogen) atoms. The van der Waals surface area contributed by atoms with Gasteiger partial charge in [-0.15, -0.1) is 0 Å². The van der Waals surface area contributed by atoms with Crippen molar-refractivity contribution in [2.24, 2.45) is 22.0 Å². The van der Waals surface area contributed by atoms with Crippen molar-refractivity contribution in [2.45, 2.75) is 25.7 Å². The molecule has 0 heterocycles. The van der Waals surface area contributed by atoms with E-state index in [9.17, 15) is 0 Å². The summed E-state index contributed by atoms with van der Waals surface area (Å²) < 4.78 is 0. The molecule has 0 aliphatic heterocycles. The van der Waals surface area contributed by atoms with Crippen molar-refractivity contribution in [3.05, 3.63) is 12.2 Å². The number of rotatable bonds is 0. The summed E-state index contributed by atoms with van der Waals surface area (Å²) in [6.45, 7) is 0. The molecule has 1 saturated carbocycles. The highest BCUT2D eigenvalue weighted by Gasteiger charge is 2.32. The molecule has 2 atom stereocenters. The van der Waals surface area contributed by atoms with E-state index in [0.29, 0.717) is 17.5 Å². The smallest absolute Gasteiger partial charge is 0.123 e. The summed E-state index contributed by atoms with van der Waals surface area (Å²) in [6, 6.07) is 0. The number of fused-ring (bicyclic) bond motifs is 1. The van der Waals surface area contributed by atoms with Gasteiger partial charge in [-0.1, -0.05) is 24.1 Å². The molecule has 0 unspecified atom stereocenters. The summed E-state index contributed by atoms with van der Waals surface area (Å²) >= 11 is 0. The van der Waals surface area contributed by atoms with Crippen LogP contribution in [0, 0.1) is 11.8 Å². The lowest BCUT2D eigenvalue weighted by Crippen LogP contribution is -2.34. The van der Waals surface area contributed by atoms with Crippen LogP contribution >= 0.6 is 0 Å². The van der Waals surface area contributed by atoms with Gasteiger partial charge < -0.3 is 5.21 Å². The van der Waals surface area contributed by atoms with Gasteiger partial charge in [-0.05, 0) is 24.8 Å². The van der Waals surface area contributed by atoms with Gasteiger partial charge in [0.2, 0.25) is 0 Å². The van der Waals surface area contributed by atoms with E-state index in [1.54, 1.807) is 7.05 Å². The van der Waals surface area contributed by atoms with Crippen molar-refractivity contribution in [1.82, 2.24) is 0 Å². The lowest BCUT2D eigenvalue weighted by atomic mass is 9.72. The Balaban J connectivity index is 2.32. The second kappa shape index (κ2) is 3.95. The van der Waals surface area contributed by atoms with E-state index >= 15 is 0 Å². The second-order valence-electron chi connectivity index (χ2n) is 4.01. The summed E-state index contributed by atoms with van der Waals surface area (Å²) in [7, 11) is 1.78. The average molecular weight is 192 g/mol. The molecule has 1 N–H and O–H groups in total. The van der Waals surface area contributed by atoms with Crippen molar-refractivity contribution in [3.63, 3.8) is 0 Å². The van der Waals surface area contributed by atoms with E-state index in [1.807, 2.05) is 6.08 Å². The molecule has 0 bridgehead atoms. The van der Waals surface area contributed by atoms with Crippen LogP contribution in [-0.2, 0) is 0 Å². The normalized spacial score (nSPS) is 37.5. The van der Waals surface area contributed by atoms with Crippen molar-refractivity contribution < 1.29 is 5.21 Å². The Hall–Kier alpha value is -1.12. The number of hydrogen-bond donors (Lipinski definition) is 1. The van der Waals surface area contributed by atoms with Gasteiger partial charge in [0.25, 0.3) is 0 Å². The van der Waals surface area contributed by atoms with Gasteiger partial charge >= 0.3 is 0 Å². The third-order valence-electron chi connectivity index (χ3n) is 3.28. The largest absolute Gasteiger partial charge is 0.410 e. The lowest BCUT2D eigenvalue weighted by Gasteiger charge is -2.33. The van der Waals surface area contributed by atoms with Gasteiger partial charge in [-0.3, -0.25) is 4.99 Å². The summed E-state index contributed by atoms with van der Waals surface area (Å²) in [6.07, 6.45) is 9.09. The van der Waals surface area contributed by atoms with E-state index in [4.69, 9.17) is 5.21 Å². The Morgan fingerprint density at radius 2 is 2.14 bits per heavy atom. The van der Waals surface area contributed by atoms with Crippen LogP contribution in [0.5, 0.6) is 0 Å². The number of allylic oxidation sites excluding steroid dienone is 2. The maximum atomic E-state index is 8.84. The third-order valence-corrected chi connectivity index (χ3v) is 3.28. The first-order chi connectivity index (χ1) is 6.86. The quantitative estimate of drug-likeness (QED) is 0.464. The molecule has 0 amide bonds. The Morgan fingerprint density at radius 3 is 2.86 bits per heavy atom. The van der Waals surface area contributed by atoms with Gasteiger partial charge in [0.05, 0.1) is 5.71 Å². The minimum atomic E-state index is 0.490. The zero-order valence-electron chi connectivity index (χ0n) is 8.48. The Labute approximate surface area is 84.2 Å². The molecule has 0 aromatic carbocycles. The molecule has 3 heteroatoms. The third kappa shape index (κ3) is 1.47. The Morgan fingerprint density at radius 1 is 1.36 bits per heavy atom. The highest BCUT2D eigenvalue weighted by molar-refractivity contribution is 6.47. The van der Waals surface area contributed by atoms with Crippen LogP contribution in [0.3, 0.4) is 0 Å². The molecule has 0 spiro atoms. The van der Waals surface area contributed by atoms with Crippen LogP contribution < -0.4 is 0 Å². The van der Waals surface area contributed by atoms with Crippen molar-refractivity contribution in [3.8, 4) is 0 Å². The van der Waals surface area contributed by atoms with E-state index in [2.05, 4.69) is 16.2 Å². The molecule has 3 nitrogen and oxygen atoms in total. The van der Waals surface area contributed by atoms with Crippen LogP contribution in [-0.4, -0.2) is 23.7 Å². The average Bonchev–Trinajstić information content (AvgIpc) is 2.27. The first kappa shape index (κ1) is 9.44. The topological polar surface area (TPSA) is 45.0 Å². The monoisotopic (exact) mass is 192 g/mol. The van der Waals surface area contributed by atoms with Crippen LogP contribution in [0.2, 0.25) is 0 Å². The maximum absolute atomic E-state index is 8.84. The number of hydrogen-bond acceptors (Lipinski definition) is 3. The van der Waals surface area contributed by atoms with Crippen LogP contribution in [0.15, 0.2) is 22.3 Å². The fourth-order valence-electron chi connectivity index (χ4n) is 2.58. The van der Waals surface area contributed by atoms with Gasteiger partial charge in [0.1, 0.15) is 5.71 Å².